The fourth-order valence-corrected chi connectivity index (χ4v) is 1.56. The standard InChI is InChI=1S/C14H19NO3/c1-10-5-6-12(9-11(10)2)14(17)15(3)8-7-13(16)18-4/h5-6,9H,7-8H2,1-4H3. The van der Waals surface area contributed by atoms with Crippen molar-refractivity contribution in [2.24, 2.45) is 0 Å². The molecule has 0 saturated carbocycles. The first kappa shape index (κ1) is 14.2. The lowest BCUT2D eigenvalue weighted by Crippen LogP contribution is -2.29. The molecule has 0 atom stereocenters. The first-order chi connectivity index (χ1) is 8.45. The molecule has 0 radical (unpaired) electrons. The Hall–Kier alpha value is -1.84. The molecular formula is C14H19NO3. The highest BCUT2D eigenvalue weighted by Crippen LogP contribution is 2.11. The molecule has 0 aliphatic heterocycles. The summed E-state index contributed by atoms with van der Waals surface area (Å²) in [6, 6.07) is 5.60. The molecule has 0 fully saturated rings. The lowest BCUT2D eigenvalue weighted by atomic mass is 10.1. The lowest BCUT2D eigenvalue weighted by Gasteiger charge is -2.17. The predicted molar refractivity (Wildman–Crippen MR) is 69.5 cm³/mol. The van der Waals surface area contributed by atoms with Crippen LogP contribution in [-0.4, -0.2) is 37.5 Å². The number of carbonyl (C=O) groups excluding carboxylic acids is 2. The maximum Gasteiger partial charge on any atom is 0.307 e. The Balaban J connectivity index is 2.68. The Morgan fingerprint density at radius 1 is 1.22 bits per heavy atom. The zero-order valence-corrected chi connectivity index (χ0v) is 11.3. The van der Waals surface area contributed by atoms with Crippen LogP contribution >= 0.6 is 0 Å². The van der Waals surface area contributed by atoms with Gasteiger partial charge in [-0.1, -0.05) is 6.07 Å². The normalized spacial score (nSPS) is 10.0. The van der Waals surface area contributed by atoms with Crippen molar-refractivity contribution in [2.45, 2.75) is 20.3 Å². The highest BCUT2D eigenvalue weighted by molar-refractivity contribution is 5.94. The minimum absolute atomic E-state index is 0.0815. The summed E-state index contributed by atoms with van der Waals surface area (Å²) in [4.78, 5) is 24.6. The summed E-state index contributed by atoms with van der Waals surface area (Å²) in [5.41, 5.74) is 2.89. The number of amides is 1. The van der Waals surface area contributed by atoms with Crippen LogP contribution in [0.5, 0.6) is 0 Å². The van der Waals surface area contributed by atoms with E-state index < -0.39 is 0 Å². The van der Waals surface area contributed by atoms with E-state index in [1.54, 1.807) is 13.1 Å². The molecule has 4 heteroatoms. The molecule has 0 unspecified atom stereocenters. The van der Waals surface area contributed by atoms with E-state index in [0.717, 1.165) is 11.1 Å². The van der Waals surface area contributed by atoms with Gasteiger partial charge in [0.15, 0.2) is 0 Å². The second-order valence-corrected chi connectivity index (χ2v) is 4.35. The number of rotatable bonds is 4. The molecule has 1 amide bonds. The van der Waals surface area contributed by atoms with E-state index in [0.29, 0.717) is 12.1 Å². The van der Waals surface area contributed by atoms with Gasteiger partial charge in [-0.05, 0) is 37.1 Å². The predicted octanol–water partition coefficient (Wildman–Crippen LogP) is 1.94. The average molecular weight is 249 g/mol. The molecular weight excluding hydrogens is 230 g/mol. The highest BCUT2D eigenvalue weighted by Gasteiger charge is 2.13. The van der Waals surface area contributed by atoms with Gasteiger partial charge in [0.1, 0.15) is 0 Å². The van der Waals surface area contributed by atoms with Gasteiger partial charge in [0.05, 0.1) is 13.5 Å². The summed E-state index contributed by atoms with van der Waals surface area (Å²) >= 11 is 0. The number of esters is 1. The van der Waals surface area contributed by atoms with Crippen LogP contribution in [0.15, 0.2) is 18.2 Å². The molecule has 0 aliphatic carbocycles. The number of hydrogen-bond acceptors (Lipinski definition) is 3. The fraction of sp³-hybridized carbons (Fsp3) is 0.429. The molecule has 0 bridgehead atoms. The van der Waals surface area contributed by atoms with Gasteiger partial charge in [0, 0.05) is 19.2 Å². The third kappa shape index (κ3) is 3.58. The van der Waals surface area contributed by atoms with E-state index in [-0.39, 0.29) is 18.3 Å². The number of benzene rings is 1. The molecule has 1 aromatic carbocycles. The van der Waals surface area contributed by atoms with Crippen LogP contribution in [0.2, 0.25) is 0 Å². The third-order valence-electron chi connectivity index (χ3n) is 2.98. The largest absolute Gasteiger partial charge is 0.469 e. The van der Waals surface area contributed by atoms with Crippen molar-refractivity contribution >= 4 is 11.9 Å². The van der Waals surface area contributed by atoms with E-state index in [9.17, 15) is 9.59 Å². The van der Waals surface area contributed by atoms with Gasteiger partial charge in [-0.25, -0.2) is 0 Å². The Morgan fingerprint density at radius 2 is 1.89 bits per heavy atom. The molecule has 98 valence electrons. The van der Waals surface area contributed by atoms with Crippen molar-refractivity contribution in [1.82, 2.24) is 4.90 Å². The number of ether oxygens (including phenoxy) is 1. The molecule has 0 aromatic heterocycles. The number of nitrogens with zero attached hydrogens (tertiary/aromatic N) is 1. The zero-order chi connectivity index (χ0) is 13.7. The van der Waals surface area contributed by atoms with E-state index in [1.807, 2.05) is 26.0 Å². The van der Waals surface area contributed by atoms with Crippen LogP contribution in [0, 0.1) is 13.8 Å². The Bertz CT molecular complexity index is 454. The molecule has 1 rings (SSSR count). The van der Waals surface area contributed by atoms with Crippen LogP contribution in [0.1, 0.15) is 27.9 Å². The van der Waals surface area contributed by atoms with Crippen LogP contribution in [0.25, 0.3) is 0 Å². The van der Waals surface area contributed by atoms with E-state index in [1.165, 1.54) is 12.0 Å². The third-order valence-corrected chi connectivity index (χ3v) is 2.98. The molecule has 1 aromatic rings. The molecule has 18 heavy (non-hydrogen) atoms. The maximum atomic E-state index is 12.1. The molecule has 0 saturated heterocycles. The second-order valence-electron chi connectivity index (χ2n) is 4.35. The minimum Gasteiger partial charge on any atom is -0.469 e. The van der Waals surface area contributed by atoms with Gasteiger partial charge >= 0.3 is 5.97 Å². The van der Waals surface area contributed by atoms with Crippen LogP contribution in [0.3, 0.4) is 0 Å². The van der Waals surface area contributed by atoms with Gasteiger partial charge in [-0.3, -0.25) is 9.59 Å². The lowest BCUT2D eigenvalue weighted by molar-refractivity contribution is -0.140. The van der Waals surface area contributed by atoms with Crippen molar-refractivity contribution in [1.29, 1.82) is 0 Å². The van der Waals surface area contributed by atoms with Crippen LogP contribution in [-0.2, 0) is 9.53 Å². The van der Waals surface area contributed by atoms with E-state index >= 15 is 0 Å². The minimum atomic E-state index is -0.310. The molecule has 4 nitrogen and oxygen atoms in total. The highest BCUT2D eigenvalue weighted by atomic mass is 16.5. The van der Waals surface area contributed by atoms with Crippen molar-refractivity contribution in [3.8, 4) is 0 Å². The molecule has 0 N–H and O–H groups in total. The monoisotopic (exact) mass is 249 g/mol. The van der Waals surface area contributed by atoms with Gasteiger partial charge in [-0.15, -0.1) is 0 Å². The SMILES string of the molecule is COC(=O)CCN(C)C(=O)c1ccc(C)c(C)c1. The summed E-state index contributed by atoms with van der Waals surface area (Å²) < 4.78 is 4.54. The summed E-state index contributed by atoms with van der Waals surface area (Å²) in [6.45, 7) is 4.34. The van der Waals surface area contributed by atoms with Crippen molar-refractivity contribution in [3.05, 3.63) is 34.9 Å². The number of aryl methyl sites for hydroxylation is 2. The topological polar surface area (TPSA) is 46.6 Å². The van der Waals surface area contributed by atoms with E-state index in [4.69, 9.17) is 0 Å². The number of methoxy groups -OCH3 is 1. The quantitative estimate of drug-likeness (QED) is 0.766. The van der Waals surface area contributed by atoms with Crippen LogP contribution in [0.4, 0.5) is 0 Å². The second kappa shape index (κ2) is 6.19. The fourth-order valence-electron chi connectivity index (χ4n) is 1.56. The molecule has 0 heterocycles. The van der Waals surface area contributed by atoms with E-state index in [2.05, 4.69) is 4.74 Å². The summed E-state index contributed by atoms with van der Waals surface area (Å²) in [7, 11) is 3.02. The van der Waals surface area contributed by atoms with Gasteiger partial charge in [-0.2, -0.15) is 0 Å². The molecule has 0 spiro atoms. The summed E-state index contributed by atoms with van der Waals surface area (Å²) in [5, 5.41) is 0. The Kier molecular flexibility index (Phi) is 4.89. The maximum absolute atomic E-state index is 12.1. The van der Waals surface area contributed by atoms with Crippen molar-refractivity contribution in [2.75, 3.05) is 20.7 Å². The smallest absolute Gasteiger partial charge is 0.307 e. The molecule has 0 aliphatic rings. The van der Waals surface area contributed by atoms with Crippen LogP contribution < -0.4 is 0 Å². The number of carbonyl (C=O) groups is 2. The summed E-state index contributed by atoms with van der Waals surface area (Å²) in [5.74, 6) is -0.392. The average Bonchev–Trinajstić information content (AvgIpc) is 2.37. The Labute approximate surface area is 108 Å². The number of hydrogen-bond donors (Lipinski definition) is 0. The first-order valence-electron chi connectivity index (χ1n) is 5.85. The Morgan fingerprint density at radius 3 is 2.44 bits per heavy atom. The zero-order valence-electron chi connectivity index (χ0n) is 11.3. The van der Waals surface area contributed by atoms with Crippen molar-refractivity contribution in [3.63, 3.8) is 0 Å². The van der Waals surface area contributed by atoms with Gasteiger partial charge in [0.2, 0.25) is 0 Å². The van der Waals surface area contributed by atoms with Gasteiger partial charge in [0.25, 0.3) is 5.91 Å². The summed E-state index contributed by atoms with van der Waals surface area (Å²) in [6.07, 6.45) is 0.212. The van der Waals surface area contributed by atoms with Crippen molar-refractivity contribution < 1.29 is 14.3 Å². The van der Waals surface area contributed by atoms with Gasteiger partial charge < -0.3 is 9.64 Å². The first-order valence-corrected chi connectivity index (χ1v) is 5.85.